The summed E-state index contributed by atoms with van der Waals surface area (Å²) < 4.78 is 5.13. The molecule has 0 spiro atoms. The van der Waals surface area contributed by atoms with Gasteiger partial charge in [-0.1, -0.05) is 6.92 Å². The van der Waals surface area contributed by atoms with Gasteiger partial charge < -0.3 is 14.6 Å². The van der Waals surface area contributed by atoms with Crippen molar-refractivity contribution in [2.45, 2.75) is 26.3 Å². The second-order valence-corrected chi connectivity index (χ2v) is 5.45. The average Bonchev–Trinajstić information content (AvgIpc) is 3.16. The van der Waals surface area contributed by atoms with Gasteiger partial charge in [-0.15, -0.1) is 11.3 Å². The highest BCUT2D eigenvalue weighted by Crippen LogP contribution is 2.13. The molecule has 21 heavy (non-hydrogen) atoms. The molecule has 0 bridgehead atoms. The van der Waals surface area contributed by atoms with E-state index < -0.39 is 0 Å². The topological polar surface area (TPSA) is 75.4 Å². The Morgan fingerprint density at radius 1 is 1.52 bits per heavy atom. The monoisotopic (exact) mass is 307 g/mol. The number of rotatable bonds is 6. The van der Waals surface area contributed by atoms with Crippen LogP contribution in [-0.2, 0) is 4.79 Å². The Hall–Kier alpha value is -2.15. The van der Waals surface area contributed by atoms with Crippen molar-refractivity contribution in [3.8, 4) is 0 Å². The Bertz CT molecular complexity index is 581. The maximum atomic E-state index is 12.4. The molecule has 0 saturated carbocycles. The maximum absolute atomic E-state index is 12.4. The molecule has 0 radical (unpaired) electrons. The zero-order chi connectivity index (χ0) is 15.2. The van der Waals surface area contributed by atoms with Crippen molar-refractivity contribution in [2.24, 2.45) is 0 Å². The molecule has 0 aliphatic rings. The molecular weight excluding hydrogens is 290 g/mol. The lowest BCUT2D eigenvalue weighted by Crippen LogP contribution is -2.43. The molecule has 0 aromatic carbocycles. The summed E-state index contributed by atoms with van der Waals surface area (Å²) in [5, 5.41) is 4.97. The third-order valence-electron chi connectivity index (χ3n) is 3.11. The highest BCUT2D eigenvalue weighted by Gasteiger charge is 2.25. The van der Waals surface area contributed by atoms with Crippen LogP contribution in [0.4, 0.5) is 5.13 Å². The second kappa shape index (κ2) is 7.03. The Morgan fingerprint density at radius 2 is 2.33 bits per heavy atom. The number of hydrogen-bond acceptors (Lipinski definition) is 5. The Balaban J connectivity index is 2.06. The van der Waals surface area contributed by atoms with Crippen LogP contribution in [-0.4, -0.2) is 34.3 Å². The van der Waals surface area contributed by atoms with Crippen LogP contribution in [0.2, 0.25) is 0 Å². The first kappa shape index (κ1) is 15.2. The van der Waals surface area contributed by atoms with Crippen molar-refractivity contribution in [3.63, 3.8) is 0 Å². The number of nitrogens with one attached hydrogen (secondary N) is 1. The molecule has 6 nitrogen and oxygen atoms in total. The minimum atomic E-state index is -0.288. The average molecular weight is 307 g/mol. The molecule has 0 saturated heterocycles. The second-order valence-electron chi connectivity index (χ2n) is 4.55. The number of amides is 2. The molecule has 0 aliphatic heterocycles. The van der Waals surface area contributed by atoms with Crippen LogP contribution in [0.25, 0.3) is 0 Å². The molecule has 2 aromatic heterocycles. The van der Waals surface area contributed by atoms with Gasteiger partial charge in [0.15, 0.2) is 10.9 Å². The lowest BCUT2D eigenvalue weighted by molar-refractivity contribution is -0.117. The van der Waals surface area contributed by atoms with Gasteiger partial charge in [0.1, 0.15) is 6.54 Å². The van der Waals surface area contributed by atoms with E-state index in [9.17, 15) is 9.59 Å². The Kier molecular flexibility index (Phi) is 5.10. The van der Waals surface area contributed by atoms with Crippen LogP contribution in [0.3, 0.4) is 0 Å². The van der Waals surface area contributed by atoms with Crippen molar-refractivity contribution < 1.29 is 14.0 Å². The lowest BCUT2D eigenvalue weighted by Gasteiger charge is -2.26. The minimum absolute atomic E-state index is 0.0336. The van der Waals surface area contributed by atoms with Crippen LogP contribution in [0.15, 0.2) is 34.4 Å². The van der Waals surface area contributed by atoms with E-state index >= 15 is 0 Å². The van der Waals surface area contributed by atoms with Gasteiger partial charge in [-0.2, -0.15) is 0 Å². The number of furan rings is 1. The molecule has 7 heteroatoms. The van der Waals surface area contributed by atoms with Crippen LogP contribution in [0, 0.1) is 0 Å². The molecule has 2 heterocycles. The maximum Gasteiger partial charge on any atom is 0.290 e. The number of carbonyl (C=O) groups excluding carboxylic acids is 2. The van der Waals surface area contributed by atoms with Crippen molar-refractivity contribution in [2.75, 3.05) is 11.9 Å². The summed E-state index contributed by atoms with van der Waals surface area (Å²) in [5.41, 5.74) is 0. The Labute approximate surface area is 126 Å². The van der Waals surface area contributed by atoms with Crippen LogP contribution in [0.5, 0.6) is 0 Å². The summed E-state index contributed by atoms with van der Waals surface area (Å²) in [6.45, 7) is 3.83. The number of carbonyl (C=O) groups is 2. The van der Waals surface area contributed by atoms with Crippen LogP contribution >= 0.6 is 11.3 Å². The third-order valence-corrected chi connectivity index (χ3v) is 3.80. The first-order chi connectivity index (χ1) is 10.1. The smallest absolute Gasteiger partial charge is 0.290 e. The lowest BCUT2D eigenvalue weighted by atomic mass is 10.2. The summed E-state index contributed by atoms with van der Waals surface area (Å²) in [6, 6.07) is 3.18. The number of thiazole rings is 1. The van der Waals surface area contributed by atoms with E-state index in [1.165, 1.54) is 22.5 Å². The van der Waals surface area contributed by atoms with Gasteiger partial charge in [-0.05, 0) is 25.5 Å². The van der Waals surface area contributed by atoms with Gasteiger partial charge in [0.2, 0.25) is 5.91 Å². The van der Waals surface area contributed by atoms with Crippen molar-refractivity contribution in [1.82, 2.24) is 9.88 Å². The minimum Gasteiger partial charge on any atom is -0.459 e. The SMILES string of the molecule is CCC(C)N(CC(=O)Nc1nccs1)C(=O)c1ccco1. The first-order valence-corrected chi connectivity index (χ1v) is 7.53. The van der Waals surface area contributed by atoms with Gasteiger partial charge >= 0.3 is 0 Å². The van der Waals surface area contributed by atoms with Crippen molar-refractivity contribution >= 4 is 28.3 Å². The fourth-order valence-corrected chi connectivity index (χ4v) is 2.33. The molecular formula is C14H17N3O3S. The predicted molar refractivity (Wildman–Crippen MR) is 80.2 cm³/mol. The summed E-state index contributed by atoms with van der Waals surface area (Å²) in [7, 11) is 0. The number of hydrogen-bond donors (Lipinski definition) is 1. The third kappa shape index (κ3) is 3.91. The van der Waals surface area contributed by atoms with Gasteiger partial charge in [-0.3, -0.25) is 9.59 Å². The molecule has 2 aromatic rings. The molecule has 1 unspecified atom stereocenters. The summed E-state index contributed by atoms with van der Waals surface area (Å²) >= 11 is 1.33. The predicted octanol–water partition coefficient (Wildman–Crippen LogP) is 2.62. The zero-order valence-electron chi connectivity index (χ0n) is 11.9. The van der Waals surface area contributed by atoms with Crippen LogP contribution in [0.1, 0.15) is 30.8 Å². The summed E-state index contributed by atoms with van der Waals surface area (Å²) in [4.78, 5) is 29.9. The van der Waals surface area contributed by atoms with Gasteiger partial charge in [-0.25, -0.2) is 4.98 Å². The number of aromatic nitrogens is 1. The number of anilines is 1. The highest BCUT2D eigenvalue weighted by atomic mass is 32.1. The van der Waals surface area contributed by atoms with Crippen LogP contribution < -0.4 is 5.32 Å². The first-order valence-electron chi connectivity index (χ1n) is 6.65. The van der Waals surface area contributed by atoms with Gasteiger partial charge in [0, 0.05) is 17.6 Å². The number of nitrogens with zero attached hydrogens (tertiary/aromatic N) is 2. The van der Waals surface area contributed by atoms with E-state index in [-0.39, 0.29) is 30.2 Å². The standard InChI is InChI=1S/C14H17N3O3S/c1-3-10(2)17(13(19)11-5-4-7-20-11)9-12(18)16-14-15-6-8-21-14/h4-8,10H,3,9H2,1-2H3,(H,15,16,18). The van der Waals surface area contributed by atoms with E-state index in [2.05, 4.69) is 10.3 Å². The zero-order valence-corrected chi connectivity index (χ0v) is 12.7. The van der Waals surface area contributed by atoms with E-state index in [4.69, 9.17) is 4.42 Å². The molecule has 0 aliphatic carbocycles. The van der Waals surface area contributed by atoms with E-state index in [1.54, 1.807) is 23.7 Å². The van der Waals surface area contributed by atoms with Crippen molar-refractivity contribution in [1.29, 1.82) is 0 Å². The van der Waals surface area contributed by atoms with E-state index in [1.807, 2.05) is 13.8 Å². The Morgan fingerprint density at radius 3 is 2.90 bits per heavy atom. The largest absolute Gasteiger partial charge is 0.459 e. The molecule has 0 fully saturated rings. The van der Waals surface area contributed by atoms with E-state index in [0.717, 1.165) is 6.42 Å². The van der Waals surface area contributed by atoms with Gasteiger partial charge in [0.05, 0.1) is 6.26 Å². The summed E-state index contributed by atoms with van der Waals surface area (Å²) in [5.74, 6) is -0.328. The molecule has 2 amide bonds. The summed E-state index contributed by atoms with van der Waals surface area (Å²) in [6.07, 6.45) is 3.80. The highest BCUT2D eigenvalue weighted by molar-refractivity contribution is 7.13. The fraction of sp³-hybridized carbons (Fsp3) is 0.357. The van der Waals surface area contributed by atoms with E-state index in [0.29, 0.717) is 5.13 Å². The molecule has 1 atom stereocenters. The van der Waals surface area contributed by atoms with Gasteiger partial charge in [0.25, 0.3) is 5.91 Å². The normalized spacial score (nSPS) is 11.9. The quantitative estimate of drug-likeness (QED) is 0.890. The molecule has 2 rings (SSSR count). The fourth-order valence-electron chi connectivity index (χ4n) is 1.79. The molecule has 1 N–H and O–H groups in total. The van der Waals surface area contributed by atoms with Crippen molar-refractivity contribution in [3.05, 3.63) is 35.7 Å². The molecule has 112 valence electrons.